The molecule has 0 aliphatic rings. The highest BCUT2D eigenvalue weighted by molar-refractivity contribution is 5.42. The number of pyridine rings is 1. The molecule has 0 atom stereocenters. The molecule has 2 N–H and O–H groups in total. The van der Waals surface area contributed by atoms with Crippen LogP contribution in [-0.4, -0.2) is 4.98 Å². The van der Waals surface area contributed by atoms with Crippen molar-refractivity contribution in [1.29, 1.82) is 0 Å². The fourth-order valence-corrected chi connectivity index (χ4v) is 2.16. The first-order chi connectivity index (χ1) is 8.65. The molecule has 94 valence electrons. The van der Waals surface area contributed by atoms with E-state index in [1.165, 1.54) is 11.1 Å². The molecule has 0 bridgehead atoms. The van der Waals surface area contributed by atoms with Crippen LogP contribution in [0.4, 0.5) is 5.82 Å². The number of benzene rings is 1. The maximum absolute atomic E-state index is 5.88. The average Bonchev–Trinajstić information content (AvgIpc) is 2.32. The van der Waals surface area contributed by atoms with Gasteiger partial charge in [0.15, 0.2) is 0 Å². The fraction of sp³-hybridized carbons (Fsp3) is 0.312. The molecule has 0 saturated carbocycles. The van der Waals surface area contributed by atoms with Crippen molar-refractivity contribution in [2.24, 2.45) is 5.92 Å². The molecule has 0 fully saturated rings. The molecular formula is C16H20N2. The summed E-state index contributed by atoms with van der Waals surface area (Å²) in [6, 6.07) is 12.7. The maximum atomic E-state index is 5.88. The molecule has 2 aromatic rings. The Labute approximate surface area is 109 Å². The van der Waals surface area contributed by atoms with Crippen LogP contribution in [0.1, 0.15) is 30.5 Å². The summed E-state index contributed by atoms with van der Waals surface area (Å²) < 4.78 is 0. The summed E-state index contributed by atoms with van der Waals surface area (Å²) in [7, 11) is 0. The molecule has 0 unspecified atom stereocenters. The zero-order valence-electron chi connectivity index (χ0n) is 11.1. The number of anilines is 1. The molecule has 18 heavy (non-hydrogen) atoms. The van der Waals surface area contributed by atoms with Crippen LogP contribution in [0.2, 0.25) is 0 Å². The molecule has 2 rings (SSSR count). The molecule has 0 spiro atoms. The predicted octanol–water partition coefficient (Wildman–Crippen LogP) is 3.45. The SMILES string of the molecule is CC(C)Cc1cccc(Cc2cccnc2N)c1. The van der Waals surface area contributed by atoms with Crippen molar-refractivity contribution >= 4 is 5.82 Å². The lowest BCUT2D eigenvalue weighted by atomic mass is 9.98. The van der Waals surface area contributed by atoms with E-state index < -0.39 is 0 Å². The van der Waals surface area contributed by atoms with E-state index >= 15 is 0 Å². The zero-order chi connectivity index (χ0) is 13.0. The van der Waals surface area contributed by atoms with Crippen LogP contribution in [-0.2, 0) is 12.8 Å². The highest BCUT2D eigenvalue weighted by atomic mass is 14.8. The van der Waals surface area contributed by atoms with Gasteiger partial charge >= 0.3 is 0 Å². The summed E-state index contributed by atoms with van der Waals surface area (Å²) in [5.41, 5.74) is 9.66. The third-order valence-electron chi connectivity index (χ3n) is 2.96. The van der Waals surface area contributed by atoms with Gasteiger partial charge in [0.25, 0.3) is 0 Å². The van der Waals surface area contributed by atoms with Crippen molar-refractivity contribution in [3.8, 4) is 0 Å². The normalized spacial score (nSPS) is 10.8. The van der Waals surface area contributed by atoms with Crippen LogP contribution in [0.25, 0.3) is 0 Å². The second-order valence-corrected chi connectivity index (χ2v) is 5.14. The summed E-state index contributed by atoms with van der Waals surface area (Å²) in [6.07, 6.45) is 3.70. The van der Waals surface area contributed by atoms with Gasteiger partial charge in [0, 0.05) is 12.6 Å². The van der Waals surface area contributed by atoms with Gasteiger partial charge in [-0.25, -0.2) is 4.98 Å². The molecule has 0 saturated heterocycles. The minimum absolute atomic E-state index is 0.631. The molecule has 0 aliphatic carbocycles. The molecule has 0 amide bonds. The van der Waals surface area contributed by atoms with Gasteiger partial charge in [-0.05, 0) is 35.1 Å². The van der Waals surface area contributed by atoms with Gasteiger partial charge in [0.2, 0.25) is 0 Å². The van der Waals surface area contributed by atoms with Crippen LogP contribution in [0.3, 0.4) is 0 Å². The molecule has 2 nitrogen and oxygen atoms in total. The highest BCUT2D eigenvalue weighted by Gasteiger charge is 2.03. The van der Waals surface area contributed by atoms with Crippen LogP contribution in [0, 0.1) is 5.92 Å². The lowest BCUT2D eigenvalue weighted by Crippen LogP contribution is -1.99. The second kappa shape index (κ2) is 5.67. The monoisotopic (exact) mass is 240 g/mol. The van der Waals surface area contributed by atoms with Gasteiger partial charge < -0.3 is 5.73 Å². The molecular weight excluding hydrogens is 220 g/mol. The molecule has 1 heterocycles. The standard InChI is InChI=1S/C16H20N2/c1-12(2)9-13-5-3-6-14(10-13)11-15-7-4-8-18-16(15)17/h3-8,10,12H,9,11H2,1-2H3,(H2,17,18). The van der Waals surface area contributed by atoms with Crippen molar-refractivity contribution in [2.45, 2.75) is 26.7 Å². The number of aromatic nitrogens is 1. The molecule has 1 aromatic carbocycles. The first-order valence-corrected chi connectivity index (χ1v) is 6.42. The van der Waals surface area contributed by atoms with Gasteiger partial charge in [0.1, 0.15) is 5.82 Å². The van der Waals surface area contributed by atoms with E-state index in [4.69, 9.17) is 5.73 Å². The van der Waals surface area contributed by atoms with E-state index in [1.807, 2.05) is 12.1 Å². The lowest BCUT2D eigenvalue weighted by Gasteiger charge is -2.08. The Bertz CT molecular complexity index is 518. The summed E-state index contributed by atoms with van der Waals surface area (Å²) >= 11 is 0. The number of hydrogen-bond donors (Lipinski definition) is 1. The van der Waals surface area contributed by atoms with Gasteiger partial charge in [-0.2, -0.15) is 0 Å². The minimum Gasteiger partial charge on any atom is -0.383 e. The molecule has 0 aliphatic heterocycles. The number of nitrogens with zero attached hydrogens (tertiary/aromatic N) is 1. The topological polar surface area (TPSA) is 38.9 Å². The van der Waals surface area contributed by atoms with Crippen molar-refractivity contribution in [3.05, 3.63) is 59.3 Å². The predicted molar refractivity (Wildman–Crippen MR) is 76.4 cm³/mol. The van der Waals surface area contributed by atoms with Crippen LogP contribution in [0.15, 0.2) is 42.6 Å². The zero-order valence-corrected chi connectivity index (χ0v) is 11.1. The Morgan fingerprint density at radius 1 is 1.11 bits per heavy atom. The van der Waals surface area contributed by atoms with E-state index in [-0.39, 0.29) is 0 Å². The van der Waals surface area contributed by atoms with E-state index in [1.54, 1.807) is 6.20 Å². The molecule has 1 aromatic heterocycles. The van der Waals surface area contributed by atoms with Gasteiger partial charge in [0.05, 0.1) is 0 Å². The number of nitrogens with two attached hydrogens (primary N) is 1. The number of rotatable bonds is 4. The third kappa shape index (κ3) is 3.33. The van der Waals surface area contributed by atoms with Crippen LogP contribution < -0.4 is 5.73 Å². The van der Waals surface area contributed by atoms with Crippen molar-refractivity contribution < 1.29 is 0 Å². The van der Waals surface area contributed by atoms with Crippen LogP contribution in [0.5, 0.6) is 0 Å². The van der Waals surface area contributed by atoms with Crippen molar-refractivity contribution in [3.63, 3.8) is 0 Å². The Balaban J connectivity index is 2.17. The third-order valence-corrected chi connectivity index (χ3v) is 2.96. The first-order valence-electron chi connectivity index (χ1n) is 6.42. The van der Waals surface area contributed by atoms with E-state index in [0.29, 0.717) is 11.7 Å². The van der Waals surface area contributed by atoms with E-state index in [2.05, 4.69) is 43.1 Å². The number of hydrogen-bond acceptors (Lipinski definition) is 2. The summed E-state index contributed by atoms with van der Waals surface area (Å²) in [5, 5.41) is 0. The van der Waals surface area contributed by atoms with Crippen molar-refractivity contribution in [1.82, 2.24) is 4.98 Å². The Morgan fingerprint density at radius 2 is 1.89 bits per heavy atom. The smallest absolute Gasteiger partial charge is 0.126 e. The van der Waals surface area contributed by atoms with E-state index in [0.717, 1.165) is 18.4 Å². The van der Waals surface area contributed by atoms with Gasteiger partial charge in [-0.1, -0.05) is 44.2 Å². The Hall–Kier alpha value is -1.83. The van der Waals surface area contributed by atoms with Crippen LogP contribution >= 0.6 is 0 Å². The molecule has 0 radical (unpaired) electrons. The highest BCUT2D eigenvalue weighted by Crippen LogP contribution is 2.16. The van der Waals surface area contributed by atoms with E-state index in [9.17, 15) is 0 Å². The summed E-state index contributed by atoms with van der Waals surface area (Å²) in [4.78, 5) is 4.12. The fourth-order valence-electron chi connectivity index (χ4n) is 2.16. The van der Waals surface area contributed by atoms with Gasteiger partial charge in [-0.15, -0.1) is 0 Å². The Kier molecular flexibility index (Phi) is 3.98. The quantitative estimate of drug-likeness (QED) is 0.889. The second-order valence-electron chi connectivity index (χ2n) is 5.14. The van der Waals surface area contributed by atoms with Gasteiger partial charge in [-0.3, -0.25) is 0 Å². The average molecular weight is 240 g/mol. The largest absolute Gasteiger partial charge is 0.383 e. The summed E-state index contributed by atoms with van der Waals surface area (Å²) in [6.45, 7) is 4.48. The minimum atomic E-state index is 0.631. The summed E-state index contributed by atoms with van der Waals surface area (Å²) in [5.74, 6) is 1.32. The lowest BCUT2D eigenvalue weighted by molar-refractivity contribution is 0.647. The number of nitrogen functional groups attached to an aromatic ring is 1. The Morgan fingerprint density at radius 3 is 2.61 bits per heavy atom. The first kappa shape index (κ1) is 12.6. The van der Waals surface area contributed by atoms with Crippen molar-refractivity contribution in [2.75, 3.05) is 5.73 Å². The molecule has 2 heteroatoms. The maximum Gasteiger partial charge on any atom is 0.126 e.